The van der Waals surface area contributed by atoms with E-state index in [9.17, 15) is 9.18 Å². The topological polar surface area (TPSA) is 76.1 Å². The van der Waals surface area contributed by atoms with Gasteiger partial charge in [0.25, 0.3) is 0 Å². The highest BCUT2D eigenvalue weighted by molar-refractivity contribution is 5.65. The first-order valence-electron chi connectivity index (χ1n) is 3.50. The number of ether oxygens (including phenoxy) is 1. The summed E-state index contributed by atoms with van der Waals surface area (Å²) in [5.41, 5.74) is 3.43. The van der Waals surface area contributed by atoms with Crippen LogP contribution in [-0.4, -0.2) is 18.4 Å². The summed E-state index contributed by atoms with van der Waals surface area (Å²) >= 11 is 0. The molecule has 2 N–H and O–H groups in total. The Balaban J connectivity index is 4.07. The van der Waals surface area contributed by atoms with Gasteiger partial charge in [0.05, 0.1) is 6.67 Å². The monoisotopic (exact) mass is 174 g/mol. The zero-order chi connectivity index (χ0) is 9.61. The van der Waals surface area contributed by atoms with Crippen molar-refractivity contribution in [1.29, 1.82) is 5.26 Å². The Morgan fingerprint density at radius 1 is 1.83 bits per heavy atom. The number of carbonyl (C=O) groups is 1. The number of nitrogens with zero attached hydrogens (tertiary/aromatic N) is 1. The lowest BCUT2D eigenvalue weighted by Gasteiger charge is -2.19. The summed E-state index contributed by atoms with van der Waals surface area (Å²) in [6.07, 6.45) is -0.682. The third-order valence-electron chi connectivity index (χ3n) is 1.35. The number of nitriles is 1. The van der Waals surface area contributed by atoms with Crippen LogP contribution in [0.4, 0.5) is 9.18 Å². The lowest BCUT2D eigenvalue weighted by atomic mass is 10.0. The van der Waals surface area contributed by atoms with Gasteiger partial charge in [-0.05, 0) is 13.3 Å². The van der Waals surface area contributed by atoms with E-state index in [1.165, 1.54) is 6.92 Å². The number of amides is 1. The largest absolute Gasteiger partial charge is 0.428 e. The molecule has 68 valence electrons. The van der Waals surface area contributed by atoms with Crippen LogP contribution in [0.3, 0.4) is 0 Å². The van der Waals surface area contributed by atoms with Crippen LogP contribution in [0.15, 0.2) is 0 Å². The quantitative estimate of drug-likeness (QED) is 0.693. The van der Waals surface area contributed by atoms with Gasteiger partial charge in [-0.2, -0.15) is 5.26 Å². The van der Waals surface area contributed by atoms with Crippen LogP contribution < -0.4 is 5.73 Å². The van der Waals surface area contributed by atoms with Gasteiger partial charge in [-0.25, -0.2) is 4.79 Å². The molecule has 1 unspecified atom stereocenters. The van der Waals surface area contributed by atoms with Crippen LogP contribution in [0.1, 0.15) is 19.8 Å². The fraction of sp³-hybridized carbons (Fsp3) is 0.714. The van der Waals surface area contributed by atoms with Gasteiger partial charge >= 0.3 is 6.09 Å². The van der Waals surface area contributed by atoms with Crippen LogP contribution in [0, 0.1) is 11.3 Å². The predicted octanol–water partition coefficient (Wildman–Crippen LogP) is 1.11. The van der Waals surface area contributed by atoms with Gasteiger partial charge in [0, 0.05) is 6.42 Å². The first-order valence-corrected chi connectivity index (χ1v) is 3.50. The first kappa shape index (κ1) is 10.7. The van der Waals surface area contributed by atoms with Gasteiger partial charge in [0.1, 0.15) is 6.07 Å². The molecule has 0 rings (SSSR count). The Morgan fingerprint density at radius 2 is 2.42 bits per heavy atom. The van der Waals surface area contributed by atoms with Crippen LogP contribution in [0.2, 0.25) is 0 Å². The number of rotatable bonds is 4. The second kappa shape index (κ2) is 4.54. The van der Waals surface area contributed by atoms with Crippen LogP contribution in [0.25, 0.3) is 0 Å². The molecule has 0 radical (unpaired) electrons. The summed E-state index contributed by atoms with van der Waals surface area (Å²) in [6.45, 7) is 0.854. The number of alkyl halides is 1. The second-order valence-corrected chi connectivity index (χ2v) is 2.56. The molecule has 4 nitrogen and oxygen atoms in total. The number of hydrogen-bond donors (Lipinski definition) is 1. The molecule has 0 heterocycles. The van der Waals surface area contributed by atoms with Crippen molar-refractivity contribution in [3.8, 4) is 6.07 Å². The maximum Gasteiger partial charge on any atom is 0.406 e. The van der Waals surface area contributed by atoms with Crippen molar-refractivity contribution in [3.05, 3.63) is 0 Å². The summed E-state index contributed by atoms with van der Waals surface area (Å²) in [5.74, 6) is 0. The molecule has 12 heavy (non-hydrogen) atoms. The fourth-order valence-electron chi connectivity index (χ4n) is 0.756. The van der Waals surface area contributed by atoms with Gasteiger partial charge in [0.2, 0.25) is 0 Å². The zero-order valence-electron chi connectivity index (χ0n) is 6.84. The van der Waals surface area contributed by atoms with Crippen molar-refractivity contribution < 1.29 is 13.9 Å². The number of primary amides is 1. The summed E-state index contributed by atoms with van der Waals surface area (Å²) in [4.78, 5) is 10.3. The SMILES string of the molecule is CC(C#N)(CCCF)OC(N)=O. The first-order chi connectivity index (χ1) is 5.54. The molecule has 1 atom stereocenters. The van der Waals surface area contributed by atoms with Crippen molar-refractivity contribution in [2.75, 3.05) is 6.67 Å². The van der Waals surface area contributed by atoms with Crippen LogP contribution in [0.5, 0.6) is 0 Å². The molecule has 0 aliphatic heterocycles. The minimum Gasteiger partial charge on any atom is -0.428 e. The Kier molecular flexibility index (Phi) is 4.05. The fourth-order valence-corrected chi connectivity index (χ4v) is 0.756. The van der Waals surface area contributed by atoms with E-state index in [0.29, 0.717) is 0 Å². The maximum atomic E-state index is 11.7. The average molecular weight is 174 g/mol. The van der Waals surface area contributed by atoms with Crippen molar-refractivity contribution in [3.63, 3.8) is 0 Å². The van der Waals surface area contributed by atoms with E-state index < -0.39 is 18.4 Å². The Bertz CT molecular complexity index is 202. The Hall–Kier alpha value is -1.31. The van der Waals surface area contributed by atoms with E-state index in [0.717, 1.165) is 0 Å². The number of hydrogen-bond acceptors (Lipinski definition) is 3. The van der Waals surface area contributed by atoms with Crippen LogP contribution >= 0.6 is 0 Å². The molecule has 0 bridgehead atoms. The van der Waals surface area contributed by atoms with Gasteiger partial charge in [-0.15, -0.1) is 0 Å². The molecule has 5 heteroatoms. The minimum atomic E-state index is -1.29. The zero-order valence-corrected chi connectivity index (χ0v) is 6.84. The summed E-state index contributed by atoms with van der Waals surface area (Å²) in [6, 6.07) is 1.75. The van der Waals surface area contributed by atoms with Crippen molar-refractivity contribution >= 4 is 6.09 Å². The molecule has 0 saturated carbocycles. The van der Waals surface area contributed by atoms with Crippen LogP contribution in [-0.2, 0) is 4.74 Å². The lowest BCUT2D eigenvalue weighted by molar-refractivity contribution is 0.0633. The number of nitrogens with two attached hydrogens (primary N) is 1. The molecular formula is C7H11FN2O2. The van der Waals surface area contributed by atoms with Gasteiger partial charge < -0.3 is 10.5 Å². The highest BCUT2D eigenvalue weighted by Crippen LogP contribution is 2.16. The van der Waals surface area contributed by atoms with Gasteiger partial charge in [-0.3, -0.25) is 4.39 Å². The lowest BCUT2D eigenvalue weighted by Crippen LogP contribution is -2.32. The highest BCUT2D eigenvalue weighted by atomic mass is 19.1. The van der Waals surface area contributed by atoms with E-state index in [2.05, 4.69) is 4.74 Å². The average Bonchev–Trinajstić information content (AvgIpc) is 2.00. The predicted molar refractivity (Wildman–Crippen MR) is 39.9 cm³/mol. The molecule has 0 aromatic rings. The molecule has 0 aromatic heterocycles. The van der Waals surface area contributed by atoms with Gasteiger partial charge in [0.15, 0.2) is 5.60 Å². The highest BCUT2D eigenvalue weighted by Gasteiger charge is 2.26. The smallest absolute Gasteiger partial charge is 0.406 e. The van der Waals surface area contributed by atoms with E-state index in [1.54, 1.807) is 6.07 Å². The molecule has 0 aromatic carbocycles. The third kappa shape index (κ3) is 3.76. The van der Waals surface area contributed by atoms with Crippen molar-refractivity contribution in [2.24, 2.45) is 5.73 Å². The molecular weight excluding hydrogens is 163 g/mol. The molecule has 0 spiro atoms. The standard InChI is InChI=1S/C7H11FN2O2/c1-7(5-9,3-2-4-8)12-6(10)11/h2-4H2,1H3,(H2,10,11). The van der Waals surface area contributed by atoms with E-state index in [1.807, 2.05) is 0 Å². The minimum absolute atomic E-state index is 0.156. The maximum absolute atomic E-state index is 11.7. The van der Waals surface area contributed by atoms with E-state index in [-0.39, 0.29) is 12.8 Å². The third-order valence-corrected chi connectivity index (χ3v) is 1.35. The summed E-state index contributed by atoms with van der Waals surface area (Å²) in [5, 5.41) is 8.56. The summed E-state index contributed by atoms with van der Waals surface area (Å²) < 4.78 is 16.2. The van der Waals surface area contributed by atoms with E-state index >= 15 is 0 Å². The number of carbonyl (C=O) groups excluding carboxylic acids is 1. The molecule has 0 aliphatic rings. The Morgan fingerprint density at radius 3 is 2.75 bits per heavy atom. The molecule has 1 amide bonds. The van der Waals surface area contributed by atoms with Gasteiger partial charge in [-0.1, -0.05) is 0 Å². The van der Waals surface area contributed by atoms with E-state index in [4.69, 9.17) is 11.0 Å². The molecule has 0 aliphatic carbocycles. The molecule has 0 saturated heterocycles. The number of halogens is 1. The van der Waals surface area contributed by atoms with Crippen molar-refractivity contribution in [2.45, 2.75) is 25.4 Å². The molecule has 0 fully saturated rings. The normalized spacial score (nSPS) is 14.4. The Labute approximate surface area is 70.1 Å². The second-order valence-electron chi connectivity index (χ2n) is 2.56. The summed E-state index contributed by atoms with van der Waals surface area (Å²) in [7, 11) is 0. The van der Waals surface area contributed by atoms with Crippen molar-refractivity contribution in [1.82, 2.24) is 0 Å².